The SMILES string of the molecule is CCN(CC)CC.FC(F)=C(F)C(F)(F)F. The molecule has 0 radical (unpaired) electrons. The van der Waals surface area contributed by atoms with Gasteiger partial charge >= 0.3 is 12.3 Å². The molecule has 0 fully saturated rings. The third-order valence-electron chi connectivity index (χ3n) is 1.76. The Morgan fingerprint density at radius 1 is 0.875 bits per heavy atom. The molecule has 0 amide bonds. The van der Waals surface area contributed by atoms with Crippen LogP contribution in [0.3, 0.4) is 0 Å². The van der Waals surface area contributed by atoms with Crippen LogP contribution in [0.2, 0.25) is 0 Å². The van der Waals surface area contributed by atoms with Crippen LogP contribution in [0.15, 0.2) is 11.9 Å². The monoisotopic (exact) mass is 251 g/mol. The van der Waals surface area contributed by atoms with Crippen molar-refractivity contribution in [2.75, 3.05) is 19.6 Å². The highest BCUT2D eigenvalue weighted by atomic mass is 19.4. The zero-order chi connectivity index (χ0) is 13.4. The molecule has 0 aliphatic heterocycles. The molecule has 0 aliphatic carbocycles. The van der Waals surface area contributed by atoms with E-state index >= 15 is 0 Å². The predicted molar refractivity (Wildman–Crippen MR) is 49.9 cm³/mol. The molecule has 0 rings (SSSR count). The van der Waals surface area contributed by atoms with Gasteiger partial charge in [0.25, 0.3) is 5.83 Å². The van der Waals surface area contributed by atoms with Crippen LogP contribution in [0.1, 0.15) is 20.8 Å². The molecule has 0 aliphatic rings. The number of hydrogen-bond donors (Lipinski definition) is 0. The molecule has 0 bridgehead atoms. The van der Waals surface area contributed by atoms with Gasteiger partial charge in [0.1, 0.15) is 0 Å². The Hall–Kier alpha value is -0.720. The summed E-state index contributed by atoms with van der Waals surface area (Å²) in [4.78, 5) is 2.38. The molecular formula is C9H15F6N. The molecule has 98 valence electrons. The quantitative estimate of drug-likeness (QED) is 0.686. The van der Waals surface area contributed by atoms with E-state index < -0.39 is 18.1 Å². The first-order valence-electron chi connectivity index (χ1n) is 4.70. The maximum Gasteiger partial charge on any atom is 0.448 e. The Bertz CT molecular complexity index is 197. The molecule has 0 aromatic carbocycles. The van der Waals surface area contributed by atoms with E-state index in [1.165, 1.54) is 19.6 Å². The van der Waals surface area contributed by atoms with Gasteiger partial charge in [-0.05, 0) is 19.6 Å². The van der Waals surface area contributed by atoms with Crippen LogP contribution in [-0.2, 0) is 0 Å². The van der Waals surface area contributed by atoms with Crippen LogP contribution in [0.5, 0.6) is 0 Å². The van der Waals surface area contributed by atoms with Gasteiger partial charge in [-0.1, -0.05) is 20.8 Å². The van der Waals surface area contributed by atoms with Crippen LogP contribution < -0.4 is 0 Å². The molecule has 0 spiro atoms. The topological polar surface area (TPSA) is 3.24 Å². The van der Waals surface area contributed by atoms with E-state index in [0.717, 1.165) is 0 Å². The molecule has 1 nitrogen and oxygen atoms in total. The number of halogens is 6. The zero-order valence-electron chi connectivity index (χ0n) is 9.34. The highest BCUT2D eigenvalue weighted by Gasteiger charge is 2.38. The first kappa shape index (κ1) is 17.7. The number of allylic oxidation sites excluding steroid dienone is 1. The molecule has 0 atom stereocenters. The lowest BCUT2D eigenvalue weighted by atomic mass is 10.5. The Kier molecular flexibility index (Phi) is 9.31. The lowest BCUT2D eigenvalue weighted by Crippen LogP contribution is -2.21. The van der Waals surface area contributed by atoms with E-state index in [4.69, 9.17) is 0 Å². The van der Waals surface area contributed by atoms with Gasteiger partial charge in [0.05, 0.1) is 0 Å². The molecule has 16 heavy (non-hydrogen) atoms. The molecule has 0 saturated carbocycles. The van der Waals surface area contributed by atoms with Crippen LogP contribution in [0.25, 0.3) is 0 Å². The molecular weight excluding hydrogens is 236 g/mol. The summed E-state index contributed by atoms with van der Waals surface area (Å²) in [6.45, 7) is 10.1. The summed E-state index contributed by atoms with van der Waals surface area (Å²) >= 11 is 0. The first-order valence-corrected chi connectivity index (χ1v) is 4.70. The summed E-state index contributed by atoms with van der Waals surface area (Å²) in [7, 11) is 0. The van der Waals surface area contributed by atoms with Crippen molar-refractivity contribution in [3.8, 4) is 0 Å². The van der Waals surface area contributed by atoms with Gasteiger partial charge < -0.3 is 4.90 Å². The van der Waals surface area contributed by atoms with E-state index in [9.17, 15) is 26.3 Å². The number of hydrogen-bond acceptors (Lipinski definition) is 1. The van der Waals surface area contributed by atoms with Gasteiger partial charge in [-0.25, -0.2) is 0 Å². The summed E-state index contributed by atoms with van der Waals surface area (Å²) < 4.78 is 64.8. The van der Waals surface area contributed by atoms with Gasteiger partial charge in [0.2, 0.25) is 0 Å². The van der Waals surface area contributed by atoms with E-state index in [2.05, 4.69) is 25.7 Å². The van der Waals surface area contributed by atoms with Crippen molar-refractivity contribution in [1.29, 1.82) is 0 Å². The van der Waals surface area contributed by atoms with Crippen LogP contribution in [0.4, 0.5) is 26.3 Å². The molecule has 0 saturated heterocycles. The minimum Gasteiger partial charge on any atom is -0.304 e. The smallest absolute Gasteiger partial charge is 0.304 e. The Morgan fingerprint density at radius 3 is 1.19 bits per heavy atom. The van der Waals surface area contributed by atoms with Gasteiger partial charge in [-0.3, -0.25) is 0 Å². The molecule has 0 unspecified atom stereocenters. The van der Waals surface area contributed by atoms with E-state index in [1.807, 2.05) is 0 Å². The molecule has 0 N–H and O–H groups in total. The summed E-state index contributed by atoms with van der Waals surface area (Å²) in [6, 6.07) is 0. The van der Waals surface area contributed by atoms with Crippen molar-refractivity contribution in [2.24, 2.45) is 0 Å². The van der Waals surface area contributed by atoms with Crippen molar-refractivity contribution >= 4 is 0 Å². The highest BCUT2D eigenvalue weighted by molar-refractivity contribution is 4.98. The third-order valence-corrected chi connectivity index (χ3v) is 1.76. The maximum atomic E-state index is 11.0. The van der Waals surface area contributed by atoms with Crippen LogP contribution >= 0.6 is 0 Å². The minimum absolute atomic E-state index is 1.19. The van der Waals surface area contributed by atoms with Crippen molar-refractivity contribution in [2.45, 2.75) is 26.9 Å². The summed E-state index contributed by atoms with van der Waals surface area (Å²) in [5.41, 5.74) is 0. The summed E-state index contributed by atoms with van der Waals surface area (Å²) in [5, 5.41) is 0. The highest BCUT2D eigenvalue weighted by Crippen LogP contribution is 2.29. The molecule has 0 heterocycles. The van der Waals surface area contributed by atoms with Crippen molar-refractivity contribution in [1.82, 2.24) is 4.90 Å². The van der Waals surface area contributed by atoms with E-state index in [-0.39, 0.29) is 0 Å². The maximum absolute atomic E-state index is 11.0. The standard InChI is InChI=1S/C6H15N.C3F6/c1-4-7(5-2)6-3;4-1(2(5)6)3(7,8)9/h4-6H2,1-3H3;. The van der Waals surface area contributed by atoms with Crippen LogP contribution in [-0.4, -0.2) is 30.7 Å². The third kappa shape index (κ3) is 8.58. The average molecular weight is 251 g/mol. The van der Waals surface area contributed by atoms with Crippen molar-refractivity contribution < 1.29 is 26.3 Å². The second-order valence-electron chi connectivity index (χ2n) is 2.69. The van der Waals surface area contributed by atoms with Gasteiger partial charge in [-0.2, -0.15) is 26.3 Å². The average Bonchev–Trinajstić information content (AvgIpc) is 2.19. The Labute approximate surface area is 90.7 Å². The molecule has 0 aromatic rings. The Balaban J connectivity index is 0. The number of rotatable bonds is 3. The second-order valence-corrected chi connectivity index (χ2v) is 2.69. The lowest BCUT2D eigenvalue weighted by molar-refractivity contribution is -0.113. The predicted octanol–water partition coefficient (Wildman–Crippen LogP) is 3.97. The lowest BCUT2D eigenvalue weighted by Gasteiger charge is -2.13. The van der Waals surface area contributed by atoms with Crippen molar-refractivity contribution in [3.05, 3.63) is 11.9 Å². The fourth-order valence-corrected chi connectivity index (χ4v) is 0.778. The Morgan fingerprint density at radius 2 is 1.19 bits per heavy atom. The summed E-state index contributed by atoms with van der Waals surface area (Å²) in [6.07, 6.45) is -8.90. The van der Waals surface area contributed by atoms with Gasteiger partial charge in [0, 0.05) is 0 Å². The zero-order valence-corrected chi connectivity index (χ0v) is 9.34. The molecule has 0 aromatic heterocycles. The van der Waals surface area contributed by atoms with Gasteiger partial charge in [0.15, 0.2) is 0 Å². The largest absolute Gasteiger partial charge is 0.448 e. The minimum atomic E-state index is -5.56. The van der Waals surface area contributed by atoms with Gasteiger partial charge in [-0.15, -0.1) is 0 Å². The first-order chi connectivity index (χ1) is 7.20. The second kappa shape index (κ2) is 8.43. The normalized spacial score (nSPS) is 10.9. The van der Waals surface area contributed by atoms with E-state index in [1.54, 1.807) is 0 Å². The van der Waals surface area contributed by atoms with Crippen LogP contribution in [0, 0.1) is 0 Å². The number of alkyl halides is 3. The fraction of sp³-hybridized carbons (Fsp3) is 0.778. The van der Waals surface area contributed by atoms with E-state index in [0.29, 0.717) is 0 Å². The fourth-order valence-electron chi connectivity index (χ4n) is 0.778. The van der Waals surface area contributed by atoms with Crippen molar-refractivity contribution in [3.63, 3.8) is 0 Å². The number of nitrogens with zero attached hydrogens (tertiary/aromatic N) is 1. The molecule has 7 heteroatoms. The summed E-state index contributed by atoms with van der Waals surface area (Å²) in [5.74, 6) is -3.33.